The monoisotopic (exact) mass is 152 g/mol. The molecule has 4 bridgehead atoms. The van der Waals surface area contributed by atoms with E-state index in [9.17, 15) is 0 Å². The zero-order valence-electron chi connectivity index (χ0n) is 7.84. The number of hydrogen-bond acceptors (Lipinski definition) is 0. The van der Waals surface area contributed by atoms with Crippen LogP contribution in [-0.4, -0.2) is 0 Å². The quantitative estimate of drug-likeness (QED) is 0.498. The molecule has 4 fully saturated rings. The standard InChI is InChI=1S/C9H14.C2H6/c1-6-2-8-4-7(1)5-9(8)3-6;1-2/h6-9H,1-5H2;1-2H3. The molecule has 0 spiro atoms. The highest BCUT2D eigenvalue weighted by Crippen LogP contribution is 2.57. The van der Waals surface area contributed by atoms with Crippen LogP contribution < -0.4 is 0 Å². The lowest BCUT2D eigenvalue weighted by atomic mass is 9.82. The molecule has 0 saturated heterocycles. The van der Waals surface area contributed by atoms with Crippen molar-refractivity contribution in [2.45, 2.75) is 46.0 Å². The van der Waals surface area contributed by atoms with E-state index in [1.807, 2.05) is 13.8 Å². The summed E-state index contributed by atoms with van der Waals surface area (Å²) in [4.78, 5) is 0. The fourth-order valence-corrected chi connectivity index (χ4v) is 3.72. The van der Waals surface area contributed by atoms with E-state index in [2.05, 4.69) is 0 Å². The lowest BCUT2D eigenvalue weighted by Crippen LogP contribution is -2.12. The van der Waals surface area contributed by atoms with Gasteiger partial charge in [-0.15, -0.1) is 0 Å². The van der Waals surface area contributed by atoms with Gasteiger partial charge in [-0.1, -0.05) is 13.8 Å². The average molecular weight is 152 g/mol. The molecule has 0 heterocycles. The van der Waals surface area contributed by atoms with E-state index in [0.717, 1.165) is 0 Å². The molecule has 0 radical (unpaired) electrons. The Morgan fingerprint density at radius 3 is 1.27 bits per heavy atom. The highest BCUT2D eigenvalue weighted by atomic mass is 14.5. The van der Waals surface area contributed by atoms with E-state index >= 15 is 0 Å². The minimum Gasteiger partial charge on any atom is -0.0683 e. The van der Waals surface area contributed by atoms with Gasteiger partial charge in [0.1, 0.15) is 0 Å². The van der Waals surface area contributed by atoms with Crippen LogP contribution in [0.15, 0.2) is 0 Å². The van der Waals surface area contributed by atoms with Crippen LogP contribution >= 0.6 is 0 Å². The van der Waals surface area contributed by atoms with Gasteiger partial charge in [-0.05, 0) is 55.8 Å². The Kier molecular flexibility index (Phi) is 1.95. The molecular weight excluding hydrogens is 132 g/mol. The van der Waals surface area contributed by atoms with Gasteiger partial charge in [-0.2, -0.15) is 0 Å². The topological polar surface area (TPSA) is 0 Å². The Hall–Kier alpha value is 0. The first-order valence-corrected chi connectivity index (χ1v) is 5.42. The van der Waals surface area contributed by atoms with E-state index in [-0.39, 0.29) is 0 Å². The van der Waals surface area contributed by atoms with Gasteiger partial charge in [-0.25, -0.2) is 0 Å². The molecular formula is C11H20. The number of rotatable bonds is 0. The summed E-state index contributed by atoms with van der Waals surface area (Å²) in [5, 5.41) is 0. The number of hydrogen-bond donors (Lipinski definition) is 0. The summed E-state index contributed by atoms with van der Waals surface area (Å²) in [6.45, 7) is 4.00. The highest BCUT2D eigenvalue weighted by Gasteiger charge is 2.47. The van der Waals surface area contributed by atoms with E-state index < -0.39 is 0 Å². The van der Waals surface area contributed by atoms with Crippen LogP contribution in [0.2, 0.25) is 0 Å². The summed E-state index contributed by atoms with van der Waals surface area (Å²) in [7, 11) is 0. The molecule has 4 aliphatic rings. The summed E-state index contributed by atoms with van der Waals surface area (Å²) in [6, 6.07) is 0. The zero-order chi connectivity index (χ0) is 7.84. The van der Waals surface area contributed by atoms with Crippen molar-refractivity contribution < 1.29 is 0 Å². The Bertz CT molecular complexity index is 105. The lowest BCUT2D eigenvalue weighted by molar-refractivity contribution is 0.279. The van der Waals surface area contributed by atoms with Crippen molar-refractivity contribution in [2.75, 3.05) is 0 Å². The molecule has 4 saturated carbocycles. The van der Waals surface area contributed by atoms with Crippen molar-refractivity contribution in [1.29, 1.82) is 0 Å². The highest BCUT2D eigenvalue weighted by molar-refractivity contribution is 4.97. The van der Waals surface area contributed by atoms with Crippen LogP contribution in [0, 0.1) is 23.7 Å². The largest absolute Gasteiger partial charge is 0.0683 e. The summed E-state index contributed by atoms with van der Waals surface area (Å²) >= 11 is 0. The first kappa shape index (κ1) is 7.64. The summed E-state index contributed by atoms with van der Waals surface area (Å²) in [6.07, 6.45) is 8.05. The molecule has 0 unspecified atom stereocenters. The van der Waals surface area contributed by atoms with Gasteiger partial charge in [-0.3, -0.25) is 0 Å². The average Bonchev–Trinajstić information content (AvgIpc) is 2.45. The second kappa shape index (κ2) is 2.80. The zero-order valence-corrected chi connectivity index (χ0v) is 7.84. The van der Waals surface area contributed by atoms with Gasteiger partial charge < -0.3 is 0 Å². The van der Waals surface area contributed by atoms with Crippen LogP contribution in [0.1, 0.15) is 46.0 Å². The van der Waals surface area contributed by atoms with Crippen LogP contribution in [0.3, 0.4) is 0 Å². The maximum absolute atomic E-state index is 2.00. The normalized spacial score (nSPS) is 50.7. The maximum Gasteiger partial charge on any atom is -0.0380 e. The van der Waals surface area contributed by atoms with E-state index in [1.165, 1.54) is 23.7 Å². The maximum atomic E-state index is 2.00. The summed E-state index contributed by atoms with van der Waals surface area (Å²) in [5.41, 5.74) is 0. The molecule has 0 aromatic heterocycles. The van der Waals surface area contributed by atoms with Crippen molar-refractivity contribution in [3.63, 3.8) is 0 Å². The van der Waals surface area contributed by atoms with Gasteiger partial charge in [0.2, 0.25) is 0 Å². The third-order valence-electron chi connectivity index (χ3n) is 3.88. The predicted octanol–water partition coefficient (Wildman–Crippen LogP) is 3.47. The Morgan fingerprint density at radius 2 is 1.00 bits per heavy atom. The predicted molar refractivity (Wildman–Crippen MR) is 48.4 cm³/mol. The second-order valence-corrected chi connectivity index (χ2v) is 4.43. The van der Waals surface area contributed by atoms with Crippen LogP contribution in [0.5, 0.6) is 0 Å². The molecule has 0 aliphatic heterocycles. The van der Waals surface area contributed by atoms with Crippen LogP contribution in [0.4, 0.5) is 0 Å². The molecule has 0 aromatic rings. The molecule has 0 atom stereocenters. The van der Waals surface area contributed by atoms with Gasteiger partial charge in [0.05, 0.1) is 0 Å². The van der Waals surface area contributed by atoms with Crippen molar-refractivity contribution in [3.05, 3.63) is 0 Å². The molecule has 0 aromatic carbocycles. The Morgan fingerprint density at radius 1 is 0.636 bits per heavy atom. The molecule has 0 heteroatoms. The first-order chi connectivity index (χ1) is 5.42. The third kappa shape index (κ3) is 1.11. The molecule has 4 rings (SSSR count). The summed E-state index contributed by atoms with van der Waals surface area (Å²) in [5.74, 6) is 4.78. The molecule has 11 heavy (non-hydrogen) atoms. The molecule has 64 valence electrons. The molecule has 4 aliphatic carbocycles. The lowest BCUT2D eigenvalue weighted by Gasteiger charge is -2.23. The Balaban J connectivity index is 0.000000224. The third-order valence-corrected chi connectivity index (χ3v) is 3.88. The smallest absolute Gasteiger partial charge is 0.0380 e. The second-order valence-electron chi connectivity index (χ2n) is 4.43. The van der Waals surface area contributed by atoms with Gasteiger partial charge in [0.15, 0.2) is 0 Å². The van der Waals surface area contributed by atoms with Crippen molar-refractivity contribution >= 4 is 0 Å². The van der Waals surface area contributed by atoms with Crippen molar-refractivity contribution in [3.8, 4) is 0 Å². The van der Waals surface area contributed by atoms with E-state index in [0.29, 0.717) is 0 Å². The van der Waals surface area contributed by atoms with E-state index in [1.54, 1.807) is 32.1 Å². The SMILES string of the molecule is C1C2CC3CC1CC3C2.CC. The minimum atomic E-state index is 1.19. The fourth-order valence-electron chi connectivity index (χ4n) is 3.72. The van der Waals surface area contributed by atoms with E-state index in [4.69, 9.17) is 0 Å². The van der Waals surface area contributed by atoms with Gasteiger partial charge in [0, 0.05) is 0 Å². The van der Waals surface area contributed by atoms with Gasteiger partial charge in [0.25, 0.3) is 0 Å². The Labute approximate surface area is 70.4 Å². The van der Waals surface area contributed by atoms with Crippen LogP contribution in [-0.2, 0) is 0 Å². The van der Waals surface area contributed by atoms with Crippen LogP contribution in [0.25, 0.3) is 0 Å². The molecule has 0 N–H and O–H groups in total. The first-order valence-electron chi connectivity index (χ1n) is 5.42. The summed E-state index contributed by atoms with van der Waals surface area (Å²) < 4.78 is 0. The van der Waals surface area contributed by atoms with Crippen molar-refractivity contribution in [1.82, 2.24) is 0 Å². The fraction of sp³-hybridized carbons (Fsp3) is 1.00. The molecule has 0 amide bonds. The van der Waals surface area contributed by atoms with Gasteiger partial charge >= 0.3 is 0 Å². The van der Waals surface area contributed by atoms with Crippen molar-refractivity contribution in [2.24, 2.45) is 23.7 Å². The molecule has 0 nitrogen and oxygen atoms in total. The minimum absolute atomic E-state index is 1.19.